The van der Waals surface area contributed by atoms with Crippen molar-refractivity contribution >= 4 is 11.7 Å². The molecule has 134 valence electrons. The molecule has 1 aliphatic heterocycles. The molecule has 0 atom stereocenters. The van der Waals surface area contributed by atoms with Crippen LogP contribution in [0.5, 0.6) is 17.2 Å². The molecular formula is C17H27N3O4. The Hall–Kier alpha value is -2.31. The van der Waals surface area contributed by atoms with Gasteiger partial charge in [-0.15, -0.1) is 0 Å². The average molecular weight is 337 g/mol. The van der Waals surface area contributed by atoms with Gasteiger partial charge in [0, 0.05) is 50.5 Å². The number of nitrogens with one attached hydrogen (secondary N) is 1. The minimum atomic E-state index is 0.0152. The third kappa shape index (κ3) is 3.96. The molecule has 2 amide bonds. The van der Waals surface area contributed by atoms with Crippen LogP contribution in [0.1, 0.15) is 13.3 Å². The lowest BCUT2D eigenvalue weighted by Crippen LogP contribution is -2.52. The van der Waals surface area contributed by atoms with E-state index in [9.17, 15) is 4.79 Å². The van der Waals surface area contributed by atoms with E-state index < -0.39 is 0 Å². The molecule has 1 heterocycles. The first kappa shape index (κ1) is 18.0. The molecule has 1 aromatic carbocycles. The lowest BCUT2D eigenvalue weighted by atomic mass is 10.2. The number of nitrogens with zero attached hydrogens (tertiary/aromatic N) is 2. The molecule has 0 aliphatic carbocycles. The summed E-state index contributed by atoms with van der Waals surface area (Å²) in [6.45, 7) is 5.66. The standard InChI is InChI=1S/C17H27N3O4/c1-5-6-18-17(21)20-9-7-19(8-10-20)13-11-14(22-2)16(24-4)15(12-13)23-3/h11-12H,5-10H2,1-4H3,(H,18,21). The number of anilines is 1. The number of benzene rings is 1. The van der Waals surface area contributed by atoms with Crippen molar-refractivity contribution in [2.75, 3.05) is 59.0 Å². The van der Waals surface area contributed by atoms with Crippen LogP contribution in [-0.4, -0.2) is 65.0 Å². The molecule has 0 saturated carbocycles. The average Bonchev–Trinajstić information content (AvgIpc) is 2.64. The molecular weight excluding hydrogens is 310 g/mol. The van der Waals surface area contributed by atoms with Crippen LogP contribution in [0.25, 0.3) is 0 Å². The van der Waals surface area contributed by atoms with Gasteiger partial charge in [0.15, 0.2) is 11.5 Å². The largest absolute Gasteiger partial charge is 0.493 e. The van der Waals surface area contributed by atoms with Gasteiger partial charge in [0.1, 0.15) is 0 Å². The summed E-state index contributed by atoms with van der Waals surface area (Å²) in [4.78, 5) is 16.1. The predicted octanol–water partition coefficient (Wildman–Crippen LogP) is 1.95. The van der Waals surface area contributed by atoms with Crippen LogP contribution >= 0.6 is 0 Å². The molecule has 0 unspecified atom stereocenters. The van der Waals surface area contributed by atoms with Crippen LogP contribution in [0, 0.1) is 0 Å². The van der Waals surface area contributed by atoms with E-state index in [0.29, 0.717) is 36.9 Å². The van der Waals surface area contributed by atoms with Crippen molar-refractivity contribution in [3.8, 4) is 17.2 Å². The van der Waals surface area contributed by atoms with Gasteiger partial charge in [-0.25, -0.2) is 4.79 Å². The van der Waals surface area contributed by atoms with Crippen LogP contribution in [0.2, 0.25) is 0 Å². The fourth-order valence-corrected chi connectivity index (χ4v) is 2.76. The highest BCUT2D eigenvalue weighted by molar-refractivity contribution is 5.74. The normalized spacial score (nSPS) is 14.3. The van der Waals surface area contributed by atoms with Crippen molar-refractivity contribution in [2.45, 2.75) is 13.3 Å². The molecule has 0 radical (unpaired) electrons. The van der Waals surface area contributed by atoms with E-state index in [4.69, 9.17) is 14.2 Å². The number of urea groups is 1. The number of carbonyl (C=O) groups is 1. The Labute approximate surface area is 143 Å². The number of ether oxygens (including phenoxy) is 3. The summed E-state index contributed by atoms with van der Waals surface area (Å²) in [5.41, 5.74) is 0.998. The monoisotopic (exact) mass is 337 g/mol. The van der Waals surface area contributed by atoms with Gasteiger partial charge in [-0.1, -0.05) is 6.92 Å². The van der Waals surface area contributed by atoms with E-state index in [1.165, 1.54) is 0 Å². The van der Waals surface area contributed by atoms with Crippen molar-refractivity contribution in [3.05, 3.63) is 12.1 Å². The summed E-state index contributed by atoms with van der Waals surface area (Å²) < 4.78 is 16.2. The van der Waals surface area contributed by atoms with E-state index in [-0.39, 0.29) is 6.03 Å². The fourth-order valence-electron chi connectivity index (χ4n) is 2.76. The maximum Gasteiger partial charge on any atom is 0.317 e. The lowest BCUT2D eigenvalue weighted by Gasteiger charge is -2.36. The van der Waals surface area contributed by atoms with E-state index in [1.807, 2.05) is 24.0 Å². The molecule has 1 aromatic rings. The van der Waals surface area contributed by atoms with E-state index >= 15 is 0 Å². The summed E-state index contributed by atoms with van der Waals surface area (Å²) in [7, 11) is 4.81. The molecule has 7 heteroatoms. The van der Waals surface area contributed by atoms with Crippen molar-refractivity contribution < 1.29 is 19.0 Å². The minimum Gasteiger partial charge on any atom is -0.493 e. The first-order chi connectivity index (χ1) is 11.6. The van der Waals surface area contributed by atoms with E-state index in [2.05, 4.69) is 10.2 Å². The minimum absolute atomic E-state index is 0.0152. The zero-order valence-electron chi connectivity index (χ0n) is 14.9. The Balaban J connectivity index is 2.07. The maximum atomic E-state index is 12.0. The van der Waals surface area contributed by atoms with Crippen LogP contribution in [0.15, 0.2) is 12.1 Å². The van der Waals surface area contributed by atoms with Crippen molar-refractivity contribution in [1.82, 2.24) is 10.2 Å². The zero-order chi connectivity index (χ0) is 17.5. The maximum absolute atomic E-state index is 12.0. The molecule has 2 rings (SSSR count). The van der Waals surface area contributed by atoms with Gasteiger partial charge in [-0.3, -0.25) is 0 Å². The molecule has 7 nitrogen and oxygen atoms in total. The van der Waals surface area contributed by atoms with Crippen molar-refractivity contribution in [2.24, 2.45) is 0 Å². The first-order valence-electron chi connectivity index (χ1n) is 8.22. The number of amides is 2. The molecule has 1 saturated heterocycles. The number of methoxy groups -OCH3 is 3. The first-order valence-corrected chi connectivity index (χ1v) is 8.22. The third-order valence-electron chi connectivity index (χ3n) is 4.11. The number of piperazine rings is 1. The summed E-state index contributed by atoms with van der Waals surface area (Å²) in [6.07, 6.45) is 0.942. The SMILES string of the molecule is CCCNC(=O)N1CCN(c2cc(OC)c(OC)c(OC)c2)CC1. The molecule has 0 aromatic heterocycles. The highest BCUT2D eigenvalue weighted by Gasteiger charge is 2.23. The van der Waals surface area contributed by atoms with Gasteiger partial charge in [0.2, 0.25) is 5.75 Å². The topological polar surface area (TPSA) is 63.3 Å². The Morgan fingerprint density at radius 2 is 1.62 bits per heavy atom. The lowest BCUT2D eigenvalue weighted by molar-refractivity contribution is 0.194. The summed E-state index contributed by atoms with van der Waals surface area (Å²) >= 11 is 0. The number of hydrogen-bond acceptors (Lipinski definition) is 5. The summed E-state index contributed by atoms with van der Waals surface area (Å²) in [5.74, 6) is 1.85. The summed E-state index contributed by atoms with van der Waals surface area (Å²) in [6, 6.07) is 3.89. The van der Waals surface area contributed by atoms with Gasteiger partial charge in [0.25, 0.3) is 0 Å². The highest BCUT2D eigenvalue weighted by Crippen LogP contribution is 2.41. The Morgan fingerprint density at radius 1 is 1.04 bits per heavy atom. The molecule has 1 fully saturated rings. The second-order valence-electron chi connectivity index (χ2n) is 5.59. The summed E-state index contributed by atoms with van der Waals surface area (Å²) in [5, 5.41) is 2.92. The van der Waals surface area contributed by atoms with Gasteiger partial charge in [-0.05, 0) is 6.42 Å². The third-order valence-corrected chi connectivity index (χ3v) is 4.11. The van der Waals surface area contributed by atoms with Gasteiger partial charge < -0.3 is 29.3 Å². The number of rotatable bonds is 6. The molecule has 1 N–H and O–H groups in total. The zero-order valence-corrected chi connectivity index (χ0v) is 14.9. The Bertz CT molecular complexity index is 532. The molecule has 24 heavy (non-hydrogen) atoms. The van der Waals surface area contributed by atoms with Crippen LogP contribution in [0.4, 0.5) is 10.5 Å². The number of carbonyl (C=O) groups excluding carboxylic acids is 1. The molecule has 0 spiro atoms. The van der Waals surface area contributed by atoms with Crippen molar-refractivity contribution in [3.63, 3.8) is 0 Å². The molecule has 0 bridgehead atoms. The van der Waals surface area contributed by atoms with E-state index in [1.54, 1.807) is 21.3 Å². The second kappa shape index (κ2) is 8.52. The Kier molecular flexibility index (Phi) is 6.40. The van der Waals surface area contributed by atoms with Gasteiger partial charge in [-0.2, -0.15) is 0 Å². The van der Waals surface area contributed by atoms with Crippen LogP contribution in [0.3, 0.4) is 0 Å². The fraction of sp³-hybridized carbons (Fsp3) is 0.588. The van der Waals surface area contributed by atoms with Crippen molar-refractivity contribution in [1.29, 1.82) is 0 Å². The van der Waals surface area contributed by atoms with Gasteiger partial charge in [0.05, 0.1) is 21.3 Å². The predicted molar refractivity (Wildman–Crippen MR) is 93.6 cm³/mol. The van der Waals surface area contributed by atoms with Crippen LogP contribution in [-0.2, 0) is 0 Å². The molecule has 1 aliphatic rings. The quantitative estimate of drug-likeness (QED) is 0.860. The highest BCUT2D eigenvalue weighted by atomic mass is 16.5. The van der Waals surface area contributed by atoms with Gasteiger partial charge >= 0.3 is 6.03 Å². The van der Waals surface area contributed by atoms with E-state index in [0.717, 1.165) is 25.2 Å². The van der Waals surface area contributed by atoms with Crippen LogP contribution < -0.4 is 24.4 Å². The second-order valence-corrected chi connectivity index (χ2v) is 5.59. The Morgan fingerprint density at radius 3 is 2.08 bits per heavy atom. The number of hydrogen-bond donors (Lipinski definition) is 1. The smallest absolute Gasteiger partial charge is 0.317 e.